The number of hydrogen-bond acceptors (Lipinski definition) is 4. The molecule has 0 saturated heterocycles. The Balaban J connectivity index is 3.17. The van der Waals surface area contributed by atoms with Gasteiger partial charge in [-0.2, -0.15) is 0 Å². The SMILES string of the molecule is O=C(O)c1cc(S(=O)(=O)Cl)ccc1OCC(F)F. The van der Waals surface area contributed by atoms with Crippen molar-refractivity contribution in [3.63, 3.8) is 0 Å². The fourth-order valence-corrected chi connectivity index (χ4v) is 1.88. The Kier molecular flexibility index (Phi) is 4.47. The minimum Gasteiger partial charge on any atom is -0.487 e. The molecule has 0 spiro atoms. The highest BCUT2D eigenvalue weighted by Gasteiger charge is 2.18. The molecule has 0 unspecified atom stereocenters. The lowest BCUT2D eigenvalue weighted by Crippen LogP contribution is -2.10. The summed E-state index contributed by atoms with van der Waals surface area (Å²) in [5.41, 5.74) is -0.558. The Hall–Kier alpha value is -1.41. The van der Waals surface area contributed by atoms with Gasteiger partial charge in [-0.3, -0.25) is 0 Å². The molecule has 1 N–H and O–H groups in total. The minimum atomic E-state index is -4.10. The Bertz CT molecular complexity index is 558. The second-order valence-corrected chi connectivity index (χ2v) is 5.67. The predicted octanol–water partition coefficient (Wildman–Crippen LogP) is 1.96. The molecule has 0 aliphatic carbocycles. The first-order valence-corrected chi connectivity index (χ1v) is 6.75. The summed E-state index contributed by atoms with van der Waals surface area (Å²) in [6.07, 6.45) is -2.77. The Morgan fingerprint density at radius 2 is 2.06 bits per heavy atom. The third-order valence-corrected chi connectivity index (χ3v) is 3.18. The van der Waals surface area contributed by atoms with E-state index in [9.17, 15) is 22.0 Å². The second-order valence-electron chi connectivity index (χ2n) is 3.10. The number of carbonyl (C=O) groups is 1. The van der Waals surface area contributed by atoms with Gasteiger partial charge >= 0.3 is 5.97 Å². The standard InChI is InChI=1S/C9H7ClF2O5S/c10-18(15,16)5-1-2-7(17-4-8(11)12)6(3-5)9(13)14/h1-3,8H,4H2,(H,13,14). The number of benzene rings is 1. The summed E-state index contributed by atoms with van der Waals surface area (Å²) in [5, 5.41) is 8.82. The van der Waals surface area contributed by atoms with Crippen molar-refractivity contribution in [2.75, 3.05) is 6.61 Å². The topological polar surface area (TPSA) is 80.7 Å². The molecule has 1 aromatic rings. The highest BCUT2D eigenvalue weighted by Crippen LogP contribution is 2.25. The molecule has 0 fully saturated rings. The summed E-state index contributed by atoms with van der Waals surface area (Å²) in [7, 11) is 0.932. The van der Waals surface area contributed by atoms with E-state index < -0.39 is 38.5 Å². The zero-order chi connectivity index (χ0) is 13.9. The van der Waals surface area contributed by atoms with E-state index >= 15 is 0 Å². The van der Waals surface area contributed by atoms with Crippen LogP contribution in [0.4, 0.5) is 8.78 Å². The van der Waals surface area contributed by atoms with Crippen LogP contribution in [0.3, 0.4) is 0 Å². The fourth-order valence-electron chi connectivity index (χ4n) is 1.11. The summed E-state index contributed by atoms with van der Waals surface area (Å²) < 4.78 is 50.4. The van der Waals surface area contributed by atoms with Crippen LogP contribution in [-0.2, 0) is 9.05 Å². The first-order valence-electron chi connectivity index (χ1n) is 4.45. The van der Waals surface area contributed by atoms with Crippen LogP contribution in [-0.4, -0.2) is 32.5 Å². The van der Waals surface area contributed by atoms with E-state index in [0.29, 0.717) is 0 Å². The zero-order valence-corrected chi connectivity index (χ0v) is 10.2. The van der Waals surface area contributed by atoms with Crippen molar-refractivity contribution in [2.45, 2.75) is 11.3 Å². The lowest BCUT2D eigenvalue weighted by atomic mass is 10.2. The lowest BCUT2D eigenvalue weighted by molar-refractivity contribution is 0.0663. The van der Waals surface area contributed by atoms with Gasteiger partial charge in [-0.15, -0.1) is 0 Å². The zero-order valence-electron chi connectivity index (χ0n) is 8.64. The largest absolute Gasteiger partial charge is 0.487 e. The number of hydrogen-bond donors (Lipinski definition) is 1. The molecule has 0 aromatic heterocycles. The molecule has 5 nitrogen and oxygen atoms in total. The maximum absolute atomic E-state index is 11.9. The Morgan fingerprint density at radius 3 is 2.50 bits per heavy atom. The van der Waals surface area contributed by atoms with Crippen molar-refractivity contribution in [1.29, 1.82) is 0 Å². The first kappa shape index (κ1) is 14.7. The van der Waals surface area contributed by atoms with Gasteiger partial charge in [-0.1, -0.05) is 0 Å². The smallest absolute Gasteiger partial charge is 0.339 e. The number of rotatable bonds is 5. The van der Waals surface area contributed by atoms with Crippen molar-refractivity contribution in [2.24, 2.45) is 0 Å². The Morgan fingerprint density at radius 1 is 1.44 bits per heavy atom. The quantitative estimate of drug-likeness (QED) is 0.841. The van der Waals surface area contributed by atoms with E-state index in [2.05, 4.69) is 4.74 Å². The number of alkyl halides is 2. The maximum atomic E-state index is 11.9. The van der Waals surface area contributed by atoms with E-state index in [1.165, 1.54) is 0 Å². The van der Waals surface area contributed by atoms with Gasteiger partial charge in [0.15, 0.2) is 0 Å². The van der Waals surface area contributed by atoms with E-state index in [1.807, 2.05) is 0 Å². The number of carboxylic acid groups (broad SMARTS) is 1. The predicted molar refractivity (Wildman–Crippen MR) is 57.9 cm³/mol. The van der Waals surface area contributed by atoms with Crippen molar-refractivity contribution in [3.05, 3.63) is 23.8 Å². The maximum Gasteiger partial charge on any atom is 0.339 e. The molecule has 0 aliphatic rings. The molecule has 1 aromatic carbocycles. The van der Waals surface area contributed by atoms with Crippen LogP contribution in [0, 0.1) is 0 Å². The summed E-state index contributed by atoms with van der Waals surface area (Å²) >= 11 is 0. The van der Waals surface area contributed by atoms with E-state index in [1.54, 1.807) is 0 Å². The van der Waals surface area contributed by atoms with Gasteiger partial charge < -0.3 is 9.84 Å². The lowest BCUT2D eigenvalue weighted by Gasteiger charge is -2.09. The second kappa shape index (κ2) is 5.49. The average molecular weight is 301 g/mol. The molecule has 0 amide bonds. The highest BCUT2D eigenvalue weighted by atomic mass is 35.7. The molecule has 0 saturated carbocycles. The van der Waals surface area contributed by atoms with E-state index in [0.717, 1.165) is 18.2 Å². The van der Waals surface area contributed by atoms with Gasteiger partial charge in [0, 0.05) is 10.7 Å². The molecule has 9 heteroatoms. The van der Waals surface area contributed by atoms with Crippen molar-refractivity contribution in [3.8, 4) is 5.75 Å². The molecule has 100 valence electrons. The molecular formula is C9H7ClF2O5S. The number of ether oxygens (including phenoxy) is 1. The third-order valence-electron chi connectivity index (χ3n) is 1.83. The normalized spacial score (nSPS) is 11.6. The monoisotopic (exact) mass is 300 g/mol. The molecule has 0 atom stereocenters. The summed E-state index contributed by atoms with van der Waals surface area (Å²) in [6, 6.07) is 2.67. The summed E-state index contributed by atoms with van der Waals surface area (Å²) in [4.78, 5) is 10.4. The number of halogens is 3. The molecular weight excluding hydrogens is 294 g/mol. The van der Waals surface area contributed by atoms with Crippen LogP contribution in [0.25, 0.3) is 0 Å². The molecule has 0 aliphatic heterocycles. The van der Waals surface area contributed by atoms with Gasteiger partial charge in [0.25, 0.3) is 15.5 Å². The van der Waals surface area contributed by atoms with Crippen LogP contribution in [0.2, 0.25) is 0 Å². The van der Waals surface area contributed by atoms with Gasteiger partial charge in [-0.05, 0) is 18.2 Å². The third kappa shape index (κ3) is 3.81. The van der Waals surface area contributed by atoms with Crippen LogP contribution in [0.5, 0.6) is 5.75 Å². The number of carboxylic acids is 1. The fraction of sp³-hybridized carbons (Fsp3) is 0.222. The molecule has 0 radical (unpaired) electrons. The van der Waals surface area contributed by atoms with Gasteiger partial charge in [0.2, 0.25) is 0 Å². The minimum absolute atomic E-state index is 0.355. The van der Waals surface area contributed by atoms with Crippen LogP contribution >= 0.6 is 10.7 Å². The van der Waals surface area contributed by atoms with Crippen molar-refractivity contribution >= 4 is 25.7 Å². The Labute approximate surface area is 105 Å². The molecule has 1 rings (SSSR count). The summed E-state index contributed by atoms with van der Waals surface area (Å²) in [5.74, 6) is -1.87. The average Bonchev–Trinajstić information content (AvgIpc) is 2.24. The van der Waals surface area contributed by atoms with Crippen LogP contribution in [0.1, 0.15) is 10.4 Å². The van der Waals surface area contributed by atoms with E-state index in [-0.39, 0.29) is 5.75 Å². The van der Waals surface area contributed by atoms with Crippen molar-refractivity contribution in [1.82, 2.24) is 0 Å². The highest BCUT2D eigenvalue weighted by molar-refractivity contribution is 8.13. The molecule has 0 heterocycles. The molecule has 0 bridgehead atoms. The van der Waals surface area contributed by atoms with Gasteiger partial charge in [0.05, 0.1) is 4.90 Å². The summed E-state index contributed by atoms with van der Waals surface area (Å²) in [6.45, 7) is -0.993. The molecule has 18 heavy (non-hydrogen) atoms. The van der Waals surface area contributed by atoms with Gasteiger partial charge in [0.1, 0.15) is 17.9 Å². The van der Waals surface area contributed by atoms with Crippen molar-refractivity contribution < 1.29 is 31.8 Å². The number of aromatic carboxylic acids is 1. The van der Waals surface area contributed by atoms with Crippen LogP contribution < -0.4 is 4.74 Å². The first-order chi connectivity index (χ1) is 8.21. The van der Waals surface area contributed by atoms with Crippen LogP contribution in [0.15, 0.2) is 23.1 Å². The van der Waals surface area contributed by atoms with Gasteiger partial charge in [-0.25, -0.2) is 22.0 Å². The van der Waals surface area contributed by atoms with E-state index in [4.69, 9.17) is 15.8 Å².